The summed E-state index contributed by atoms with van der Waals surface area (Å²) in [5, 5.41) is 9.43. The van der Waals surface area contributed by atoms with Crippen LogP contribution in [-0.2, 0) is 6.42 Å². The Kier molecular flexibility index (Phi) is 3.54. The summed E-state index contributed by atoms with van der Waals surface area (Å²) in [4.78, 5) is 4.35. The molecule has 0 saturated heterocycles. The van der Waals surface area contributed by atoms with Crippen molar-refractivity contribution in [3.63, 3.8) is 0 Å². The summed E-state index contributed by atoms with van der Waals surface area (Å²) in [7, 11) is 0. The van der Waals surface area contributed by atoms with Crippen LogP contribution < -0.4 is 0 Å². The van der Waals surface area contributed by atoms with Gasteiger partial charge in [-0.15, -0.1) is 0 Å². The van der Waals surface area contributed by atoms with Crippen LogP contribution in [-0.4, -0.2) is 9.55 Å². The molecule has 1 aromatic rings. The molecule has 0 saturated carbocycles. The molecule has 1 atom stereocenters. The highest BCUT2D eigenvalue weighted by atomic mass is 35.5. The van der Waals surface area contributed by atoms with E-state index in [-0.39, 0.29) is 6.04 Å². The molecular weight excluding hydrogens is 198 g/mol. The predicted molar refractivity (Wildman–Crippen MR) is 56.3 cm³/mol. The van der Waals surface area contributed by atoms with Crippen LogP contribution in [0.3, 0.4) is 0 Å². The lowest BCUT2D eigenvalue weighted by Crippen LogP contribution is -2.04. The standard InChI is InChI=1S/C10H14ClN3/c1-4-5-9-10(11)14(7(2)6-12)8(3)13-9/h7H,4-5H2,1-3H3. The molecule has 14 heavy (non-hydrogen) atoms. The fraction of sp³-hybridized carbons (Fsp3) is 0.600. The second-order valence-electron chi connectivity index (χ2n) is 3.32. The molecule has 1 heterocycles. The number of hydrogen-bond acceptors (Lipinski definition) is 2. The van der Waals surface area contributed by atoms with Gasteiger partial charge >= 0.3 is 0 Å². The van der Waals surface area contributed by atoms with Crippen molar-refractivity contribution < 1.29 is 0 Å². The number of nitriles is 1. The van der Waals surface area contributed by atoms with Gasteiger partial charge in [-0.1, -0.05) is 24.9 Å². The number of nitrogens with zero attached hydrogens (tertiary/aromatic N) is 3. The summed E-state index contributed by atoms with van der Waals surface area (Å²) < 4.78 is 1.77. The van der Waals surface area contributed by atoms with Gasteiger partial charge in [0.1, 0.15) is 17.0 Å². The molecule has 0 radical (unpaired) electrons. The Labute approximate surface area is 89.3 Å². The molecule has 0 spiro atoms. The van der Waals surface area contributed by atoms with Gasteiger partial charge in [0.15, 0.2) is 0 Å². The van der Waals surface area contributed by atoms with Gasteiger partial charge in [-0.25, -0.2) is 4.98 Å². The Morgan fingerprint density at radius 2 is 2.29 bits per heavy atom. The molecule has 1 rings (SSSR count). The molecular formula is C10H14ClN3. The fourth-order valence-corrected chi connectivity index (χ4v) is 1.89. The molecule has 76 valence electrons. The summed E-state index contributed by atoms with van der Waals surface area (Å²) in [6.07, 6.45) is 1.88. The minimum Gasteiger partial charge on any atom is -0.303 e. The highest BCUT2D eigenvalue weighted by Crippen LogP contribution is 2.23. The normalized spacial score (nSPS) is 12.5. The molecule has 0 fully saturated rings. The summed E-state index contributed by atoms with van der Waals surface area (Å²) in [5.74, 6) is 0.813. The van der Waals surface area contributed by atoms with Gasteiger partial charge in [-0.2, -0.15) is 5.26 Å². The van der Waals surface area contributed by atoms with Crippen LogP contribution in [0.2, 0.25) is 5.15 Å². The van der Waals surface area contributed by atoms with Gasteiger partial charge < -0.3 is 4.57 Å². The summed E-state index contributed by atoms with van der Waals surface area (Å²) in [6, 6.07) is 1.91. The van der Waals surface area contributed by atoms with E-state index < -0.39 is 0 Å². The highest BCUT2D eigenvalue weighted by Gasteiger charge is 2.15. The molecule has 0 aliphatic heterocycles. The molecule has 1 aromatic heterocycles. The Morgan fingerprint density at radius 1 is 1.64 bits per heavy atom. The minimum absolute atomic E-state index is 0.249. The molecule has 3 nitrogen and oxygen atoms in total. The van der Waals surface area contributed by atoms with Gasteiger partial charge in [-0.3, -0.25) is 0 Å². The van der Waals surface area contributed by atoms with E-state index in [2.05, 4.69) is 18.0 Å². The van der Waals surface area contributed by atoms with Gasteiger partial charge in [0.2, 0.25) is 0 Å². The van der Waals surface area contributed by atoms with E-state index in [0.29, 0.717) is 5.15 Å². The lowest BCUT2D eigenvalue weighted by Gasteiger charge is -2.07. The predicted octanol–water partition coefficient (Wildman–Crippen LogP) is 2.88. The van der Waals surface area contributed by atoms with Crippen molar-refractivity contribution in [1.29, 1.82) is 5.26 Å². The number of halogens is 1. The van der Waals surface area contributed by atoms with E-state index in [1.54, 1.807) is 4.57 Å². The first-order valence-corrected chi connectivity index (χ1v) is 5.12. The van der Waals surface area contributed by atoms with Crippen molar-refractivity contribution in [3.8, 4) is 6.07 Å². The first-order valence-electron chi connectivity index (χ1n) is 4.74. The van der Waals surface area contributed by atoms with Crippen molar-refractivity contribution in [1.82, 2.24) is 9.55 Å². The molecule has 0 N–H and O–H groups in total. The van der Waals surface area contributed by atoms with Crippen LogP contribution in [0.4, 0.5) is 0 Å². The van der Waals surface area contributed by atoms with Crippen molar-refractivity contribution >= 4 is 11.6 Å². The average molecular weight is 212 g/mol. The van der Waals surface area contributed by atoms with E-state index in [1.807, 2.05) is 13.8 Å². The topological polar surface area (TPSA) is 41.6 Å². The lowest BCUT2D eigenvalue weighted by molar-refractivity contribution is 0.650. The molecule has 0 aromatic carbocycles. The Morgan fingerprint density at radius 3 is 2.79 bits per heavy atom. The zero-order valence-corrected chi connectivity index (χ0v) is 9.47. The van der Waals surface area contributed by atoms with E-state index >= 15 is 0 Å². The van der Waals surface area contributed by atoms with Crippen molar-refractivity contribution in [2.75, 3.05) is 0 Å². The monoisotopic (exact) mass is 211 g/mol. The van der Waals surface area contributed by atoms with Crippen LogP contribution in [0.5, 0.6) is 0 Å². The van der Waals surface area contributed by atoms with Crippen LogP contribution in [0, 0.1) is 18.3 Å². The van der Waals surface area contributed by atoms with E-state index in [9.17, 15) is 0 Å². The molecule has 1 unspecified atom stereocenters. The third kappa shape index (κ3) is 1.91. The van der Waals surface area contributed by atoms with Gasteiger partial charge in [0, 0.05) is 0 Å². The van der Waals surface area contributed by atoms with Crippen molar-refractivity contribution in [3.05, 3.63) is 16.7 Å². The van der Waals surface area contributed by atoms with Crippen LogP contribution in [0.15, 0.2) is 0 Å². The summed E-state index contributed by atoms with van der Waals surface area (Å²) in [5.41, 5.74) is 0.897. The first kappa shape index (κ1) is 11.1. The molecule has 0 aliphatic rings. The maximum absolute atomic E-state index is 8.82. The minimum atomic E-state index is -0.249. The lowest BCUT2D eigenvalue weighted by atomic mass is 10.3. The van der Waals surface area contributed by atoms with Gasteiger partial charge in [-0.05, 0) is 20.3 Å². The number of imidazole rings is 1. The highest BCUT2D eigenvalue weighted by molar-refractivity contribution is 6.30. The second-order valence-corrected chi connectivity index (χ2v) is 3.68. The van der Waals surface area contributed by atoms with E-state index in [4.69, 9.17) is 16.9 Å². The Bertz CT molecular complexity index is 362. The Balaban J connectivity index is 3.12. The number of aromatic nitrogens is 2. The third-order valence-electron chi connectivity index (χ3n) is 2.16. The molecule has 4 heteroatoms. The smallest absolute Gasteiger partial charge is 0.133 e. The number of hydrogen-bond donors (Lipinski definition) is 0. The maximum atomic E-state index is 8.82. The van der Waals surface area contributed by atoms with Crippen molar-refractivity contribution in [2.45, 2.75) is 39.7 Å². The van der Waals surface area contributed by atoms with Crippen LogP contribution >= 0.6 is 11.6 Å². The van der Waals surface area contributed by atoms with Gasteiger partial charge in [0.05, 0.1) is 11.8 Å². The fourth-order valence-electron chi connectivity index (χ4n) is 1.48. The van der Waals surface area contributed by atoms with Crippen LogP contribution in [0.25, 0.3) is 0 Å². The van der Waals surface area contributed by atoms with E-state index in [0.717, 1.165) is 24.4 Å². The quantitative estimate of drug-likeness (QED) is 0.772. The largest absolute Gasteiger partial charge is 0.303 e. The average Bonchev–Trinajstić information content (AvgIpc) is 2.42. The summed E-state index contributed by atoms with van der Waals surface area (Å²) >= 11 is 6.13. The number of aryl methyl sites for hydroxylation is 2. The number of rotatable bonds is 3. The Hall–Kier alpha value is -1.01. The van der Waals surface area contributed by atoms with Gasteiger partial charge in [0.25, 0.3) is 0 Å². The first-order chi connectivity index (χ1) is 6.61. The maximum Gasteiger partial charge on any atom is 0.133 e. The molecule has 0 aliphatic carbocycles. The van der Waals surface area contributed by atoms with E-state index in [1.165, 1.54) is 0 Å². The second kappa shape index (κ2) is 4.47. The third-order valence-corrected chi connectivity index (χ3v) is 2.56. The van der Waals surface area contributed by atoms with Crippen molar-refractivity contribution in [2.24, 2.45) is 0 Å². The molecule has 0 amide bonds. The zero-order chi connectivity index (χ0) is 10.7. The SMILES string of the molecule is CCCc1nc(C)n(C(C)C#N)c1Cl. The summed E-state index contributed by atoms with van der Waals surface area (Å²) in [6.45, 7) is 5.77. The van der Waals surface area contributed by atoms with Crippen LogP contribution in [0.1, 0.15) is 37.8 Å². The molecule has 0 bridgehead atoms. The zero-order valence-electron chi connectivity index (χ0n) is 8.71.